The van der Waals surface area contributed by atoms with Gasteiger partial charge in [-0.1, -0.05) is 30.3 Å². The molecule has 1 aromatic rings. The van der Waals surface area contributed by atoms with E-state index in [0.29, 0.717) is 31.6 Å². The first-order valence-corrected chi connectivity index (χ1v) is 6.82. The Bertz CT molecular complexity index is 383. The van der Waals surface area contributed by atoms with Crippen LogP contribution in [-0.2, 0) is 9.53 Å². The molecule has 1 aliphatic carbocycles. The van der Waals surface area contributed by atoms with Crippen molar-refractivity contribution in [2.75, 3.05) is 25.6 Å². The summed E-state index contributed by atoms with van der Waals surface area (Å²) in [4.78, 5) is 11.8. The lowest BCUT2D eigenvalue weighted by Gasteiger charge is -2.05. The Kier molecular flexibility index (Phi) is 5.02. The van der Waals surface area contributed by atoms with E-state index in [0.717, 1.165) is 6.42 Å². The van der Waals surface area contributed by atoms with Crippen LogP contribution in [0.1, 0.15) is 17.9 Å². The van der Waals surface area contributed by atoms with Crippen molar-refractivity contribution in [1.82, 2.24) is 5.32 Å². The molecule has 1 aromatic carbocycles. The first kappa shape index (κ1) is 13.4. The van der Waals surface area contributed by atoms with Gasteiger partial charge in [-0.3, -0.25) is 4.79 Å². The number of carbonyl (C=O) groups is 1. The molecule has 2 unspecified atom stereocenters. The summed E-state index contributed by atoms with van der Waals surface area (Å²) in [7, 11) is 0. The second-order valence-corrected chi connectivity index (χ2v) is 4.83. The highest BCUT2D eigenvalue weighted by molar-refractivity contribution is 6.17. The summed E-state index contributed by atoms with van der Waals surface area (Å²) in [6, 6.07) is 10.2. The monoisotopic (exact) mass is 267 g/mol. The van der Waals surface area contributed by atoms with Gasteiger partial charge in [0.15, 0.2) is 0 Å². The van der Waals surface area contributed by atoms with Crippen LogP contribution in [0.15, 0.2) is 30.3 Å². The molecule has 0 spiro atoms. The number of hydrogen-bond donors (Lipinski definition) is 1. The van der Waals surface area contributed by atoms with Gasteiger partial charge in [-0.15, -0.1) is 11.6 Å². The van der Waals surface area contributed by atoms with E-state index >= 15 is 0 Å². The van der Waals surface area contributed by atoms with Crippen molar-refractivity contribution < 1.29 is 9.53 Å². The normalized spacial score (nSPS) is 21.6. The summed E-state index contributed by atoms with van der Waals surface area (Å²) in [5.41, 5.74) is 1.26. The highest BCUT2D eigenvalue weighted by atomic mass is 35.5. The average molecular weight is 268 g/mol. The summed E-state index contributed by atoms with van der Waals surface area (Å²) >= 11 is 5.48. The lowest BCUT2D eigenvalue weighted by Crippen LogP contribution is -2.29. The van der Waals surface area contributed by atoms with Gasteiger partial charge in [0.05, 0.1) is 13.2 Å². The minimum Gasteiger partial charge on any atom is -0.378 e. The van der Waals surface area contributed by atoms with Crippen LogP contribution in [0.3, 0.4) is 0 Å². The Labute approximate surface area is 112 Å². The molecule has 0 saturated heterocycles. The van der Waals surface area contributed by atoms with E-state index in [9.17, 15) is 4.79 Å². The standard InChI is InChI=1S/C14H18ClNO2/c15-6-8-18-9-7-16-14(17)13-10-12(13)11-4-2-1-3-5-11/h1-5,12-13H,6-10H2,(H,16,17). The topological polar surface area (TPSA) is 38.3 Å². The van der Waals surface area contributed by atoms with E-state index < -0.39 is 0 Å². The second-order valence-electron chi connectivity index (χ2n) is 4.45. The van der Waals surface area contributed by atoms with Gasteiger partial charge in [-0.25, -0.2) is 0 Å². The fraction of sp³-hybridized carbons (Fsp3) is 0.500. The third-order valence-corrected chi connectivity index (χ3v) is 3.28. The number of benzene rings is 1. The lowest BCUT2D eigenvalue weighted by atomic mass is 10.1. The minimum absolute atomic E-state index is 0.137. The van der Waals surface area contributed by atoms with Crippen molar-refractivity contribution in [1.29, 1.82) is 0 Å². The first-order valence-electron chi connectivity index (χ1n) is 6.29. The zero-order valence-corrected chi connectivity index (χ0v) is 11.0. The van der Waals surface area contributed by atoms with Crippen molar-refractivity contribution in [2.45, 2.75) is 12.3 Å². The zero-order valence-electron chi connectivity index (χ0n) is 10.3. The molecule has 0 bridgehead atoms. The fourth-order valence-corrected chi connectivity index (χ4v) is 2.20. The van der Waals surface area contributed by atoms with Gasteiger partial charge in [0.2, 0.25) is 5.91 Å². The minimum atomic E-state index is 0.137. The molecule has 0 radical (unpaired) electrons. The summed E-state index contributed by atoms with van der Waals surface area (Å²) in [5.74, 6) is 1.17. The molecule has 1 saturated carbocycles. The SMILES string of the molecule is O=C(NCCOCCCl)C1CC1c1ccccc1. The largest absolute Gasteiger partial charge is 0.378 e. The number of carbonyl (C=O) groups excluding carboxylic acids is 1. The number of rotatable bonds is 7. The average Bonchev–Trinajstić information content (AvgIpc) is 3.20. The molecule has 1 N–H and O–H groups in total. The van der Waals surface area contributed by atoms with Crippen LogP contribution in [0, 0.1) is 5.92 Å². The third-order valence-electron chi connectivity index (χ3n) is 3.12. The van der Waals surface area contributed by atoms with E-state index in [1.807, 2.05) is 18.2 Å². The number of ether oxygens (including phenoxy) is 1. The second kappa shape index (κ2) is 6.76. The van der Waals surface area contributed by atoms with E-state index in [1.54, 1.807) is 0 Å². The number of hydrogen-bond acceptors (Lipinski definition) is 2. The van der Waals surface area contributed by atoms with Crippen molar-refractivity contribution in [3.05, 3.63) is 35.9 Å². The summed E-state index contributed by atoms with van der Waals surface area (Å²) in [6.45, 7) is 1.63. The highest BCUT2D eigenvalue weighted by Crippen LogP contribution is 2.47. The Morgan fingerprint density at radius 3 is 2.83 bits per heavy atom. The van der Waals surface area contributed by atoms with Gasteiger partial charge >= 0.3 is 0 Å². The number of halogens is 1. The van der Waals surface area contributed by atoms with Crippen molar-refractivity contribution in [2.24, 2.45) is 5.92 Å². The van der Waals surface area contributed by atoms with Crippen molar-refractivity contribution in [3.8, 4) is 0 Å². The van der Waals surface area contributed by atoms with Gasteiger partial charge in [0.1, 0.15) is 0 Å². The molecular weight excluding hydrogens is 250 g/mol. The van der Waals surface area contributed by atoms with Gasteiger partial charge < -0.3 is 10.1 Å². The van der Waals surface area contributed by atoms with Crippen LogP contribution in [-0.4, -0.2) is 31.5 Å². The number of alkyl halides is 1. The Morgan fingerprint density at radius 2 is 2.11 bits per heavy atom. The van der Waals surface area contributed by atoms with E-state index in [4.69, 9.17) is 16.3 Å². The smallest absolute Gasteiger partial charge is 0.223 e. The van der Waals surface area contributed by atoms with Crippen LogP contribution in [0.25, 0.3) is 0 Å². The van der Waals surface area contributed by atoms with Gasteiger partial charge in [-0.05, 0) is 17.9 Å². The molecule has 1 amide bonds. The molecule has 4 heteroatoms. The van der Waals surface area contributed by atoms with Crippen LogP contribution < -0.4 is 5.32 Å². The highest BCUT2D eigenvalue weighted by Gasteiger charge is 2.43. The van der Waals surface area contributed by atoms with E-state index in [1.165, 1.54) is 5.56 Å². The van der Waals surface area contributed by atoms with E-state index in [-0.39, 0.29) is 11.8 Å². The Balaban J connectivity index is 1.67. The first-order chi connectivity index (χ1) is 8.83. The molecule has 98 valence electrons. The fourth-order valence-electron chi connectivity index (χ4n) is 2.09. The van der Waals surface area contributed by atoms with Crippen LogP contribution in [0.5, 0.6) is 0 Å². The number of amides is 1. The molecule has 0 aliphatic heterocycles. The summed E-state index contributed by atoms with van der Waals surface area (Å²) in [5, 5.41) is 2.90. The lowest BCUT2D eigenvalue weighted by molar-refractivity contribution is -0.122. The van der Waals surface area contributed by atoms with Gasteiger partial charge in [-0.2, -0.15) is 0 Å². The molecule has 0 aromatic heterocycles. The molecule has 3 nitrogen and oxygen atoms in total. The van der Waals surface area contributed by atoms with Gasteiger partial charge in [0.25, 0.3) is 0 Å². The zero-order chi connectivity index (χ0) is 12.8. The molecule has 1 fully saturated rings. The predicted molar refractivity (Wildman–Crippen MR) is 71.8 cm³/mol. The van der Waals surface area contributed by atoms with Crippen LogP contribution in [0.4, 0.5) is 0 Å². The molecule has 0 heterocycles. The maximum atomic E-state index is 11.8. The molecule has 2 atom stereocenters. The molecule has 2 rings (SSSR count). The van der Waals surface area contributed by atoms with E-state index in [2.05, 4.69) is 17.4 Å². The Hall–Kier alpha value is -1.06. The maximum Gasteiger partial charge on any atom is 0.223 e. The van der Waals surface area contributed by atoms with Crippen molar-refractivity contribution in [3.63, 3.8) is 0 Å². The third kappa shape index (κ3) is 3.72. The van der Waals surface area contributed by atoms with Crippen LogP contribution >= 0.6 is 11.6 Å². The predicted octanol–water partition coefficient (Wildman–Crippen LogP) is 2.16. The quantitative estimate of drug-likeness (QED) is 0.607. The molecular formula is C14H18ClNO2. The van der Waals surface area contributed by atoms with Crippen LogP contribution in [0.2, 0.25) is 0 Å². The number of nitrogens with one attached hydrogen (secondary N) is 1. The molecule has 1 aliphatic rings. The Morgan fingerprint density at radius 1 is 1.33 bits per heavy atom. The summed E-state index contributed by atoms with van der Waals surface area (Å²) in [6.07, 6.45) is 0.957. The summed E-state index contributed by atoms with van der Waals surface area (Å²) < 4.78 is 5.20. The maximum absolute atomic E-state index is 11.8. The van der Waals surface area contributed by atoms with Crippen molar-refractivity contribution >= 4 is 17.5 Å². The molecule has 18 heavy (non-hydrogen) atoms. The van der Waals surface area contributed by atoms with Gasteiger partial charge in [0, 0.05) is 18.3 Å².